The molecule has 7 heteroatoms. The lowest BCUT2D eigenvalue weighted by atomic mass is 10.2. The van der Waals surface area contributed by atoms with E-state index in [0.717, 1.165) is 24.3 Å². The number of carbonyl (C=O) groups is 1. The second-order valence-corrected chi connectivity index (χ2v) is 7.04. The number of carbonyl (C=O) groups excluding carboxylic acids is 1. The number of piperazine rings is 1. The molecule has 0 unspecified atom stereocenters. The number of hydrogen-bond donors (Lipinski definition) is 1. The molecule has 1 amide bonds. The van der Waals surface area contributed by atoms with E-state index in [1.807, 2.05) is 42.2 Å². The van der Waals surface area contributed by atoms with Crippen molar-refractivity contribution in [2.75, 3.05) is 36.4 Å². The molecular weight excluding hydrogens is 364 g/mol. The van der Waals surface area contributed by atoms with Crippen LogP contribution in [0.25, 0.3) is 0 Å². The molecule has 2 aromatic heterocycles. The number of pyridine rings is 1. The van der Waals surface area contributed by atoms with Crippen LogP contribution in [0, 0.1) is 6.92 Å². The Hall–Kier alpha value is -3.48. The second-order valence-electron chi connectivity index (χ2n) is 7.04. The molecule has 3 heterocycles. The minimum Gasteiger partial charge on any atom is -0.368 e. The van der Waals surface area contributed by atoms with Gasteiger partial charge in [0, 0.05) is 56.5 Å². The van der Waals surface area contributed by atoms with Gasteiger partial charge in [0.1, 0.15) is 5.69 Å². The van der Waals surface area contributed by atoms with Gasteiger partial charge >= 0.3 is 0 Å². The highest BCUT2D eigenvalue weighted by Gasteiger charge is 2.23. The number of amides is 1. The zero-order valence-electron chi connectivity index (χ0n) is 16.5. The highest BCUT2D eigenvalue weighted by atomic mass is 16.2. The van der Waals surface area contributed by atoms with Crippen LogP contribution in [0.1, 0.15) is 21.7 Å². The van der Waals surface area contributed by atoms with Crippen LogP contribution in [0.5, 0.6) is 0 Å². The van der Waals surface area contributed by atoms with Crippen LogP contribution in [-0.4, -0.2) is 51.9 Å². The molecule has 0 radical (unpaired) electrons. The summed E-state index contributed by atoms with van der Waals surface area (Å²) in [7, 11) is 0. The number of nitrogens with one attached hydrogen (secondary N) is 1. The van der Waals surface area contributed by atoms with Crippen molar-refractivity contribution in [2.45, 2.75) is 13.5 Å². The predicted octanol–water partition coefficient (Wildman–Crippen LogP) is 2.75. The van der Waals surface area contributed by atoms with Gasteiger partial charge in [-0.15, -0.1) is 0 Å². The third-order valence-electron chi connectivity index (χ3n) is 4.96. The maximum atomic E-state index is 13.0. The third-order valence-corrected chi connectivity index (χ3v) is 4.96. The maximum absolute atomic E-state index is 13.0. The Labute approximate surface area is 170 Å². The van der Waals surface area contributed by atoms with Crippen LogP contribution in [0.15, 0.2) is 60.9 Å². The fourth-order valence-corrected chi connectivity index (χ4v) is 3.41. The summed E-state index contributed by atoms with van der Waals surface area (Å²) in [6, 6.07) is 15.9. The Morgan fingerprint density at radius 3 is 2.45 bits per heavy atom. The van der Waals surface area contributed by atoms with Gasteiger partial charge in [0.25, 0.3) is 5.91 Å². The summed E-state index contributed by atoms with van der Waals surface area (Å²) in [4.78, 5) is 30.1. The van der Waals surface area contributed by atoms with Gasteiger partial charge in [-0.1, -0.05) is 18.2 Å². The largest absolute Gasteiger partial charge is 0.368 e. The van der Waals surface area contributed by atoms with Crippen LogP contribution >= 0.6 is 0 Å². The number of rotatable bonds is 5. The first kappa shape index (κ1) is 18.9. The molecule has 3 aromatic rings. The molecular formula is C22H24N6O. The van der Waals surface area contributed by atoms with Gasteiger partial charge < -0.3 is 15.1 Å². The number of aryl methyl sites for hydroxylation is 1. The molecule has 1 aliphatic heterocycles. The van der Waals surface area contributed by atoms with Gasteiger partial charge in [-0.25, -0.2) is 9.97 Å². The first-order valence-corrected chi connectivity index (χ1v) is 9.77. The summed E-state index contributed by atoms with van der Waals surface area (Å²) in [5.74, 6) is 0.420. The van der Waals surface area contributed by atoms with E-state index in [1.165, 1.54) is 5.69 Å². The molecule has 0 atom stereocenters. The van der Waals surface area contributed by atoms with Crippen molar-refractivity contribution in [1.82, 2.24) is 19.9 Å². The van der Waals surface area contributed by atoms with Crippen molar-refractivity contribution in [3.8, 4) is 0 Å². The zero-order chi connectivity index (χ0) is 20.1. The van der Waals surface area contributed by atoms with Crippen LogP contribution < -0.4 is 10.2 Å². The molecule has 0 spiro atoms. The highest BCUT2D eigenvalue weighted by Crippen LogP contribution is 2.17. The molecule has 0 aliphatic carbocycles. The van der Waals surface area contributed by atoms with Gasteiger partial charge in [0.2, 0.25) is 5.95 Å². The summed E-state index contributed by atoms with van der Waals surface area (Å²) < 4.78 is 0. The Kier molecular flexibility index (Phi) is 5.65. The standard InChI is InChI=1S/C22H24N6O/c1-17-15-20(26-22(25-17)24-16-18-7-9-23-10-8-18)21(29)28-13-11-27(12-14-28)19-5-3-2-4-6-19/h2-10,15H,11-14,16H2,1H3,(H,24,25,26). The Morgan fingerprint density at radius 1 is 1.00 bits per heavy atom. The molecule has 4 rings (SSSR count). The summed E-state index contributed by atoms with van der Waals surface area (Å²) >= 11 is 0. The average Bonchev–Trinajstić information content (AvgIpc) is 2.78. The molecule has 0 bridgehead atoms. The van der Waals surface area contributed by atoms with Crippen LogP contribution in [-0.2, 0) is 6.54 Å². The number of nitrogens with zero attached hydrogens (tertiary/aromatic N) is 5. The Bertz CT molecular complexity index is 956. The van der Waals surface area contributed by atoms with Crippen molar-refractivity contribution in [3.63, 3.8) is 0 Å². The molecule has 1 fully saturated rings. The number of hydrogen-bond acceptors (Lipinski definition) is 6. The molecule has 1 aromatic carbocycles. The van der Waals surface area contributed by atoms with Crippen molar-refractivity contribution in [2.24, 2.45) is 0 Å². The van der Waals surface area contributed by atoms with E-state index >= 15 is 0 Å². The Balaban J connectivity index is 1.40. The second kappa shape index (κ2) is 8.68. The van der Waals surface area contributed by atoms with E-state index < -0.39 is 0 Å². The molecule has 1 saturated heterocycles. The minimum absolute atomic E-state index is 0.0461. The van der Waals surface area contributed by atoms with Crippen molar-refractivity contribution in [3.05, 3.63) is 77.9 Å². The van der Waals surface area contributed by atoms with Crippen LogP contribution in [0.3, 0.4) is 0 Å². The van der Waals surface area contributed by atoms with Gasteiger partial charge in [-0.2, -0.15) is 0 Å². The summed E-state index contributed by atoms with van der Waals surface area (Å²) in [5, 5.41) is 3.20. The number of para-hydroxylation sites is 1. The van der Waals surface area contributed by atoms with E-state index in [-0.39, 0.29) is 5.91 Å². The van der Waals surface area contributed by atoms with Gasteiger partial charge in [-0.3, -0.25) is 9.78 Å². The average molecular weight is 388 g/mol. The van der Waals surface area contributed by atoms with Crippen LogP contribution in [0.4, 0.5) is 11.6 Å². The van der Waals surface area contributed by atoms with Crippen LogP contribution in [0.2, 0.25) is 0 Å². The van der Waals surface area contributed by atoms with E-state index in [2.05, 4.69) is 37.3 Å². The lowest BCUT2D eigenvalue weighted by Gasteiger charge is -2.36. The van der Waals surface area contributed by atoms with Crippen molar-refractivity contribution >= 4 is 17.5 Å². The molecule has 7 nitrogen and oxygen atoms in total. The zero-order valence-corrected chi connectivity index (χ0v) is 16.5. The van der Waals surface area contributed by atoms with Crippen molar-refractivity contribution < 1.29 is 4.79 Å². The fourth-order valence-electron chi connectivity index (χ4n) is 3.41. The number of aromatic nitrogens is 3. The predicted molar refractivity (Wildman–Crippen MR) is 113 cm³/mol. The summed E-state index contributed by atoms with van der Waals surface area (Å²) in [6.45, 7) is 5.44. The normalized spacial score (nSPS) is 14.0. The smallest absolute Gasteiger partial charge is 0.272 e. The molecule has 148 valence electrons. The lowest BCUT2D eigenvalue weighted by molar-refractivity contribution is 0.0740. The SMILES string of the molecule is Cc1cc(C(=O)N2CCN(c3ccccc3)CC2)nc(NCc2ccncc2)n1. The molecule has 0 saturated carbocycles. The molecule has 1 aliphatic rings. The number of benzene rings is 1. The fraction of sp³-hybridized carbons (Fsp3) is 0.273. The highest BCUT2D eigenvalue weighted by molar-refractivity contribution is 5.92. The topological polar surface area (TPSA) is 74.2 Å². The van der Waals surface area contributed by atoms with Gasteiger partial charge in [0.05, 0.1) is 0 Å². The van der Waals surface area contributed by atoms with Gasteiger partial charge in [0.15, 0.2) is 0 Å². The third kappa shape index (κ3) is 4.68. The minimum atomic E-state index is -0.0461. The van der Waals surface area contributed by atoms with E-state index in [1.54, 1.807) is 18.5 Å². The first-order valence-electron chi connectivity index (χ1n) is 9.77. The molecule has 1 N–H and O–H groups in total. The summed E-state index contributed by atoms with van der Waals surface area (Å²) in [6.07, 6.45) is 3.50. The van der Waals surface area contributed by atoms with E-state index in [4.69, 9.17) is 0 Å². The maximum Gasteiger partial charge on any atom is 0.272 e. The monoisotopic (exact) mass is 388 g/mol. The first-order chi connectivity index (χ1) is 14.2. The van der Waals surface area contributed by atoms with Gasteiger partial charge in [-0.05, 0) is 42.8 Å². The van der Waals surface area contributed by atoms with E-state index in [0.29, 0.717) is 31.3 Å². The quantitative estimate of drug-likeness (QED) is 0.724. The molecule has 29 heavy (non-hydrogen) atoms. The van der Waals surface area contributed by atoms with E-state index in [9.17, 15) is 4.79 Å². The lowest BCUT2D eigenvalue weighted by Crippen LogP contribution is -2.49. The van der Waals surface area contributed by atoms with Crippen molar-refractivity contribution in [1.29, 1.82) is 0 Å². The number of anilines is 2. The Morgan fingerprint density at radius 2 is 1.72 bits per heavy atom. The summed E-state index contributed by atoms with van der Waals surface area (Å²) in [5.41, 5.74) is 3.47.